The average Bonchev–Trinajstić information content (AvgIpc) is 3.16. The number of methoxy groups -OCH3 is 1. The van der Waals surface area contributed by atoms with Gasteiger partial charge >= 0.3 is 11.9 Å². The molecular weight excluding hydrogens is 464 g/mol. The molecule has 3 amide bonds. The molecule has 182 valence electrons. The first-order valence-electron chi connectivity index (χ1n) is 11.0. The van der Waals surface area contributed by atoms with Gasteiger partial charge in [-0.25, -0.2) is 9.59 Å². The van der Waals surface area contributed by atoms with Crippen molar-refractivity contribution in [3.05, 3.63) is 101 Å². The third-order valence-electron chi connectivity index (χ3n) is 5.62. The second-order valence-electron chi connectivity index (χ2n) is 7.96. The van der Waals surface area contributed by atoms with E-state index < -0.39 is 42.3 Å². The predicted octanol–water partition coefficient (Wildman–Crippen LogP) is 2.86. The molecule has 0 aromatic heterocycles. The summed E-state index contributed by atoms with van der Waals surface area (Å²) in [6.07, 6.45) is 0.0295. The number of esters is 2. The van der Waals surface area contributed by atoms with Crippen molar-refractivity contribution in [2.24, 2.45) is 0 Å². The van der Waals surface area contributed by atoms with Gasteiger partial charge in [0, 0.05) is 12.1 Å². The molecule has 3 aromatic carbocycles. The fraction of sp³-hybridized carbons (Fsp3) is 0.148. The maximum absolute atomic E-state index is 13.1. The molecule has 9 heteroatoms. The van der Waals surface area contributed by atoms with E-state index in [-0.39, 0.29) is 17.5 Å². The number of nitrogens with one attached hydrogen (secondary N) is 1. The second-order valence-corrected chi connectivity index (χ2v) is 7.96. The number of anilines is 1. The first-order chi connectivity index (χ1) is 17.4. The van der Waals surface area contributed by atoms with Crippen molar-refractivity contribution >= 4 is 35.3 Å². The Hall–Kier alpha value is -4.79. The van der Waals surface area contributed by atoms with E-state index in [9.17, 15) is 24.0 Å². The lowest BCUT2D eigenvalue weighted by atomic mass is 10.0. The topological polar surface area (TPSA) is 119 Å². The van der Waals surface area contributed by atoms with Gasteiger partial charge in [-0.3, -0.25) is 19.3 Å². The molecule has 1 atom stereocenters. The molecule has 1 N–H and O–H groups in total. The fourth-order valence-electron chi connectivity index (χ4n) is 3.85. The molecule has 0 spiro atoms. The number of amides is 3. The number of imide groups is 1. The number of rotatable bonds is 8. The molecule has 0 fully saturated rings. The molecule has 1 heterocycles. The minimum absolute atomic E-state index is 0.0295. The van der Waals surface area contributed by atoms with Gasteiger partial charge in [0.05, 0.1) is 23.8 Å². The van der Waals surface area contributed by atoms with E-state index in [1.807, 2.05) is 0 Å². The Morgan fingerprint density at radius 2 is 1.42 bits per heavy atom. The van der Waals surface area contributed by atoms with E-state index in [4.69, 9.17) is 4.74 Å². The molecule has 36 heavy (non-hydrogen) atoms. The van der Waals surface area contributed by atoms with Gasteiger partial charge in [0.2, 0.25) is 0 Å². The summed E-state index contributed by atoms with van der Waals surface area (Å²) in [4.78, 5) is 63.9. The second kappa shape index (κ2) is 10.6. The molecule has 0 saturated heterocycles. The van der Waals surface area contributed by atoms with Crippen LogP contribution < -0.4 is 5.32 Å². The van der Waals surface area contributed by atoms with Gasteiger partial charge in [0.1, 0.15) is 6.04 Å². The molecule has 0 bridgehead atoms. The van der Waals surface area contributed by atoms with Crippen LogP contribution in [-0.4, -0.2) is 54.3 Å². The van der Waals surface area contributed by atoms with E-state index >= 15 is 0 Å². The van der Waals surface area contributed by atoms with Crippen LogP contribution in [0, 0.1) is 0 Å². The minimum atomic E-state index is -1.26. The van der Waals surface area contributed by atoms with Gasteiger partial charge in [0.25, 0.3) is 17.7 Å². The van der Waals surface area contributed by atoms with Crippen LogP contribution in [0.2, 0.25) is 0 Å². The Bertz CT molecular complexity index is 1280. The molecular formula is C27H22N2O7. The van der Waals surface area contributed by atoms with Gasteiger partial charge in [-0.15, -0.1) is 0 Å². The zero-order valence-electron chi connectivity index (χ0n) is 19.3. The smallest absolute Gasteiger partial charge is 0.337 e. The van der Waals surface area contributed by atoms with Crippen LogP contribution in [0.15, 0.2) is 78.9 Å². The van der Waals surface area contributed by atoms with Crippen LogP contribution in [0.4, 0.5) is 5.69 Å². The third kappa shape index (κ3) is 5.15. The van der Waals surface area contributed by atoms with Crippen molar-refractivity contribution in [2.75, 3.05) is 19.0 Å². The summed E-state index contributed by atoms with van der Waals surface area (Å²) in [7, 11) is 1.26. The maximum atomic E-state index is 13.1. The first kappa shape index (κ1) is 24.3. The average molecular weight is 486 g/mol. The zero-order valence-corrected chi connectivity index (χ0v) is 19.3. The molecule has 1 aliphatic rings. The van der Waals surface area contributed by atoms with Crippen LogP contribution in [0.1, 0.15) is 36.6 Å². The van der Waals surface area contributed by atoms with Crippen molar-refractivity contribution in [3.63, 3.8) is 0 Å². The van der Waals surface area contributed by atoms with E-state index in [0.29, 0.717) is 16.8 Å². The summed E-state index contributed by atoms with van der Waals surface area (Å²) in [5.41, 5.74) is 1.82. The number of hydrogen-bond acceptors (Lipinski definition) is 7. The number of carbonyl (C=O) groups excluding carboxylic acids is 5. The number of nitrogens with zero attached hydrogens (tertiary/aromatic N) is 1. The van der Waals surface area contributed by atoms with Gasteiger partial charge in [0.15, 0.2) is 6.61 Å². The monoisotopic (exact) mass is 486 g/mol. The molecule has 0 aliphatic carbocycles. The van der Waals surface area contributed by atoms with Crippen molar-refractivity contribution in [3.8, 4) is 0 Å². The molecule has 0 saturated carbocycles. The number of carbonyl (C=O) groups is 5. The maximum Gasteiger partial charge on any atom is 0.337 e. The van der Waals surface area contributed by atoms with E-state index in [0.717, 1.165) is 4.90 Å². The Morgan fingerprint density at radius 1 is 0.833 bits per heavy atom. The quantitative estimate of drug-likeness (QED) is 0.384. The highest BCUT2D eigenvalue weighted by Gasteiger charge is 2.43. The molecule has 3 aromatic rings. The van der Waals surface area contributed by atoms with Crippen LogP contribution in [0.3, 0.4) is 0 Å². The van der Waals surface area contributed by atoms with Gasteiger partial charge in [-0.05, 0) is 42.0 Å². The summed E-state index contributed by atoms with van der Waals surface area (Å²) in [5, 5.41) is 2.56. The van der Waals surface area contributed by atoms with E-state index in [1.165, 1.54) is 43.5 Å². The summed E-state index contributed by atoms with van der Waals surface area (Å²) in [6.45, 7) is -0.633. The standard InChI is InChI=1S/C27H22N2O7/c1-35-26(33)18-11-13-19(14-12-18)28-23(30)16-36-27(34)22(15-17-7-3-2-4-8-17)29-24(31)20-9-5-6-10-21(20)25(29)32/h2-14,22H,15-16H2,1H3,(H,28,30)/t22-/m0/s1. The fourth-order valence-corrected chi connectivity index (χ4v) is 3.85. The highest BCUT2D eigenvalue weighted by Crippen LogP contribution is 2.26. The normalized spacial score (nSPS) is 13.1. The molecule has 0 radical (unpaired) electrons. The molecule has 0 unspecified atom stereocenters. The summed E-state index contributed by atoms with van der Waals surface area (Å²) < 4.78 is 9.86. The van der Waals surface area contributed by atoms with Crippen LogP contribution in [0.25, 0.3) is 0 Å². The molecule has 1 aliphatic heterocycles. The Kier molecular flexibility index (Phi) is 7.20. The lowest BCUT2D eigenvalue weighted by molar-refractivity contribution is -0.151. The van der Waals surface area contributed by atoms with Crippen LogP contribution >= 0.6 is 0 Å². The number of fused-ring (bicyclic) bond motifs is 1. The minimum Gasteiger partial charge on any atom is -0.465 e. The predicted molar refractivity (Wildman–Crippen MR) is 128 cm³/mol. The summed E-state index contributed by atoms with van der Waals surface area (Å²) >= 11 is 0. The van der Waals surface area contributed by atoms with E-state index in [2.05, 4.69) is 10.1 Å². The Balaban J connectivity index is 1.46. The third-order valence-corrected chi connectivity index (χ3v) is 5.62. The van der Waals surface area contributed by atoms with Crippen LogP contribution in [0.5, 0.6) is 0 Å². The van der Waals surface area contributed by atoms with Crippen molar-refractivity contribution in [2.45, 2.75) is 12.5 Å². The highest BCUT2D eigenvalue weighted by molar-refractivity contribution is 6.22. The Morgan fingerprint density at radius 3 is 2.00 bits per heavy atom. The number of hydrogen-bond donors (Lipinski definition) is 1. The van der Waals surface area contributed by atoms with Crippen LogP contribution in [-0.2, 0) is 25.5 Å². The highest BCUT2D eigenvalue weighted by atomic mass is 16.5. The lowest BCUT2D eigenvalue weighted by Gasteiger charge is -2.24. The van der Waals surface area contributed by atoms with Crippen molar-refractivity contribution < 1.29 is 33.4 Å². The Labute approximate surface area is 206 Å². The van der Waals surface area contributed by atoms with Gasteiger partial charge in [-0.2, -0.15) is 0 Å². The first-order valence-corrected chi connectivity index (χ1v) is 11.0. The molecule has 4 rings (SSSR count). The van der Waals surface area contributed by atoms with Gasteiger partial charge < -0.3 is 14.8 Å². The zero-order chi connectivity index (χ0) is 25.7. The van der Waals surface area contributed by atoms with Gasteiger partial charge in [-0.1, -0.05) is 42.5 Å². The summed E-state index contributed by atoms with van der Waals surface area (Å²) in [6, 6.07) is 19.9. The summed E-state index contributed by atoms with van der Waals surface area (Å²) in [5.74, 6) is -3.22. The number of benzene rings is 3. The number of ether oxygens (including phenoxy) is 2. The largest absolute Gasteiger partial charge is 0.465 e. The van der Waals surface area contributed by atoms with E-state index in [1.54, 1.807) is 42.5 Å². The SMILES string of the molecule is COC(=O)c1ccc(NC(=O)COC(=O)[C@H](Cc2ccccc2)N2C(=O)c3ccccc3C2=O)cc1. The van der Waals surface area contributed by atoms with Crippen molar-refractivity contribution in [1.29, 1.82) is 0 Å². The molecule has 9 nitrogen and oxygen atoms in total. The lowest BCUT2D eigenvalue weighted by Crippen LogP contribution is -2.47. The van der Waals surface area contributed by atoms with Crippen molar-refractivity contribution in [1.82, 2.24) is 4.90 Å².